The number of nitrogens with zero attached hydrogens (tertiary/aromatic N) is 5. The number of non-ortho nitro benzene ring substituents is 1. The van der Waals surface area contributed by atoms with Crippen LogP contribution in [0, 0.1) is 10.1 Å². The number of sulfonamides is 1. The van der Waals surface area contributed by atoms with Gasteiger partial charge in [-0.1, -0.05) is 29.5 Å². The van der Waals surface area contributed by atoms with Crippen molar-refractivity contribution in [3.63, 3.8) is 0 Å². The van der Waals surface area contributed by atoms with Crippen LogP contribution < -0.4 is 4.31 Å². The van der Waals surface area contributed by atoms with Crippen molar-refractivity contribution in [1.82, 2.24) is 15.0 Å². The molecule has 4 aromatic rings. The maximum Gasteiger partial charge on any atom is 0.271 e. The van der Waals surface area contributed by atoms with Crippen LogP contribution in [0.3, 0.4) is 0 Å². The Morgan fingerprint density at radius 3 is 2.38 bits per heavy atom. The van der Waals surface area contributed by atoms with E-state index in [2.05, 4.69) is 10.3 Å². The summed E-state index contributed by atoms with van der Waals surface area (Å²) in [5.74, 6) is -0.135. The molecule has 0 spiro atoms. The van der Waals surface area contributed by atoms with Crippen molar-refractivity contribution in [2.45, 2.75) is 18.4 Å². The van der Waals surface area contributed by atoms with Crippen LogP contribution in [0.4, 0.5) is 11.4 Å². The average Bonchev–Trinajstić information content (AvgIpc) is 3.32. The molecule has 0 fully saturated rings. The number of aromatic nitrogens is 3. The molecule has 0 N–H and O–H groups in total. The Morgan fingerprint density at radius 2 is 1.74 bits per heavy atom. The molecule has 10 nitrogen and oxygen atoms in total. The highest BCUT2D eigenvalue weighted by Crippen LogP contribution is 2.26. The summed E-state index contributed by atoms with van der Waals surface area (Å²) in [5, 5.41) is 19.1. The third-order valence-corrected chi connectivity index (χ3v) is 6.83. The summed E-state index contributed by atoms with van der Waals surface area (Å²) in [6, 6.07) is 20.1. The fourth-order valence-corrected chi connectivity index (χ4v) is 4.75. The average molecular weight is 478 g/mol. The van der Waals surface area contributed by atoms with Crippen molar-refractivity contribution >= 4 is 27.2 Å². The molecule has 11 heteroatoms. The van der Waals surface area contributed by atoms with E-state index in [0.717, 1.165) is 0 Å². The number of carbonyl (C=O) groups is 1. The van der Waals surface area contributed by atoms with Gasteiger partial charge in [-0.15, -0.1) is 5.10 Å². The number of ketones is 1. The summed E-state index contributed by atoms with van der Waals surface area (Å²) in [5.41, 5.74) is 1.43. The molecule has 0 aliphatic heterocycles. The first-order chi connectivity index (χ1) is 16.3. The Labute approximate surface area is 195 Å². The smallest absolute Gasteiger partial charge is 0.271 e. The molecule has 4 rings (SSSR count). The largest absolute Gasteiger partial charge is 0.295 e. The Bertz CT molecular complexity index is 1450. The summed E-state index contributed by atoms with van der Waals surface area (Å²) >= 11 is 0. The molecular formula is C23H19N5O5S. The maximum absolute atomic E-state index is 13.5. The number of hydrogen-bond donors (Lipinski definition) is 0. The van der Waals surface area contributed by atoms with Crippen LogP contribution in [-0.2, 0) is 16.6 Å². The Morgan fingerprint density at radius 1 is 1.03 bits per heavy atom. The number of carbonyl (C=O) groups excluding carboxylic acids is 1. The summed E-state index contributed by atoms with van der Waals surface area (Å²) < 4.78 is 29.5. The molecule has 0 radical (unpaired) electrons. The Balaban J connectivity index is 1.71. The van der Waals surface area contributed by atoms with E-state index in [-0.39, 0.29) is 22.9 Å². The third kappa shape index (κ3) is 4.69. The van der Waals surface area contributed by atoms with E-state index in [1.165, 1.54) is 52.4 Å². The lowest BCUT2D eigenvalue weighted by Gasteiger charge is -2.23. The molecule has 1 heterocycles. The molecule has 3 aromatic carbocycles. The highest BCUT2D eigenvalue weighted by Gasteiger charge is 2.26. The van der Waals surface area contributed by atoms with E-state index in [4.69, 9.17) is 0 Å². The molecule has 0 saturated heterocycles. The SMILES string of the molecule is CC(=O)c1ccc(N(Cc2cn(-c3cccc([N+](=O)[O-])c3)nn2)S(=O)(=O)c2ccccc2)cc1. The summed E-state index contributed by atoms with van der Waals surface area (Å²) in [4.78, 5) is 22.3. The van der Waals surface area contributed by atoms with Crippen molar-refractivity contribution < 1.29 is 18.1 Å². The quantitative estimate of drug-likeness (QED) is 0.215. The number of rotatable bonds is 8. The zero-order valence-electron chi connectivity index (χ0n) is 18.0. The minimum absolute atomic E-state index is 0.0942. The van der Waals surface area contributed by atoms with Gasteiger partial charge in [0.1, 0.15) is 5.69 Å². The lowest BCUT2D eigenvalue weighted by molar-refractivity contribution is -0.384. The van der Waals surface area contributed by atoms with Crippen LogP contribution in [0.2, 0.25) is 0 Å². The van der Waals surface area contributed by atoms with Gasteiger partial charge in [-0.05, 0) is 49.4 Å². The van der Waals surface area contributed by atoms with E-state index in [9.17, 15) is 23.3 Å². The molecule has 1 aromatic heterocycles. The number of Topliss-reactive ketones (excluding diaryl/α,β-unsaturated/α-hetero) is 1. The normalized spacial score (nSPS) is 11.2. The van der Waals surface area contributed by atoms with Gasteiger partial charge in [-0.3, -0.25) is 19.2 Å². The molecule has 0 aliphatic carbocycles. The zero-order valence-corrected chi connectivity index (χ0v) is 18.8. The van der Waals surface area contributed by atoms with E-state index in [0.29, 0.717) is 22.6 Å². The van der Waals surface area contributed by atoms with Gasteiger partial charge in [0.2, 0.25) is 0 Å². The van der Waals surface area contributed by atoms with Gasteiger partial charge in [0.15, 0.2) is 5.78 Å². The minimum atomic E-state index is -3.98. The minimum Gasteiger partial charge on any atom is -0.295 e. The van der Waals surface area contributed by atoms with Crippen LogP contribution in [0.1, 0.15) is 23.0 Å². The fourth-order valence-electron chi connectivity index (χ4n) is 3.29. The van der Waals surface area contributed by atoms with Crippen molar-refractivity contribution in [1.29, 1.82) is 0 Å². The molecule has 0 atom stereocenters. The van der Waals surface area contributed by atoms with Crippen molar-refractivity contribution in [3.05, 3.63) is 106 Å². The number of benzene rings is 3. The lowest BCUT2D eigenvalue weighted by Crippen LogP contribution is -2.30. The standard InChI is InChI=1S/C23H19N5O5S/c1-17(29)18-10-12-20(13-11-18)27(34(32,33)23-8-3-2-4-9-23)16-19-15-26(25-24-19)21-6-5-7-22(14-21)28(30)31/h2-15H,16H2,1H3. The second-order valence-electron chi connectivity index (χ2n) is 7.36. The van der Waals surface area contributed by atoms with Crippen molar-refractivity contribution in [2.75, 3.05) is 4.31 Å². The first kappa shape index (κ1) is 22.8. The summed E-state index contributed by atoms with van der Waals surface area (Å²) in [6.07, 6.45) is 1.51. The third-order valence-electron chi connectivity index (χ3n) is 5.04. The van der Waals surface area contributed by atoms with Gasteiger partial charge in [0.05, 0.1) is 33.9 Å². The number of nitro benzene ring substituents is 1. The predicted octanol–water partition coefficient (Wildman–Crippen LogP) is 3.77. The second kappa shape index (κ2) is 9.24. The molecule has 0 unspecified atom stereocenters. The van der Waals surface area contributed by atoms with Gasteiger partial charge in [0.25, 0.3) is 15.7 Å². The van der Waals surface area contributed by atoms with Crippen LogP contribution in [0.5, 0.6) is 0 Å². The lowest BCUT2D eigenvalue weighted by atomic mass is 10.1. The van der Waals surface area contributed by atoms with Gasteiger partial charge in [0, 0.05) is 17.7 Å². The van der Waals surface area contributed by atoms with Gasteiger partial charge in [-0.2, -0.15) is 0 Å². The van der Waals surface area contributed by atoms with E-state index < -0.39 is 14.9 Å². The number of hydrogen-bond acceptors (Lipinski definition) is 7. The highest BCUT2D eigenvalue weighted by molar-refractivity contribution is 7.92. The molecule has 0 bridgehead atoms. The van der Waals surface area contributed by atoms with E-state index in [1.807, 2.05) is 0 Å². The fraction of sp³-hybridized carbons (Fsp3) is 0.0870. The van der Waals surface area contributed by atoms with Gasteiger partial charge < -0.3 is 0 Å². The molecule has 34 heavy (non-hydrogen) atoms. The maximum atomic E-state index is 13.5. The highest BCUT2D eigenvalue weighted by atomic mass is 32.2. The van der Waals surface area contributed by atoms with Gasteiger partial charge >= 0.3 is 0 Å². The van der Waals surface area contributed by atoms with E-state index >= 15 is 0 Å². The van der Waals surface area contributed by atoms with Crippen molar-refractivity contribution in [3.8, 4) is 5.69 Å². The molecular weight excluding hydrogens is 458 g/mol. The first-order valence-electron chi connectivity index (χ1n) is 10.1. The Kier molecular flexibility index (Phi) is 6.19. The van der Waals surface area contributed by atoms with Crippen LogP contribution in [0.25, 0.3) is 5.69 Å². The van der Waals surface area contributed by atoms with Crippen LogP contribution in [-0.4, -0.2) is 34.1 Å². The molecule has 0 saturated carbocycles. The monoisotopic (exact) mass is 477 g/mol. The molecule has 0 amide bonds. The number of nitro groups is 1. The zero-order chi connectivity index (χ0) is 24.3. The van der Waals surface area contributed by atoms with Crippen molar-refractivity contribution in [2.24, 2.45) is 0 Å². The topological polar surface area (TPSA) is 128 Å². The van der Waals surface area contributed by atoms with Crippen LogP contribution in [0.15, 0.2) is 90.0 Å². The van der Waals surface area contributed by atoms with Crippen LogP contribution >= 0.6 is 0 Å². The molecule has 0 aliphatic rings. The molecule has 172 valence electrons. The predicted molar refractivity (Wildman–Crippen MR) is 124 cm³/mol. The second-order valence-corrected chi connectivity index (χ2v) is 9.22. The van der Waals surface area contributed by atoms with E-state index in [1.54, 1.807) is 48.5 Å². The number of anilines is 1. The Hall–Kier alpha value is -4.38. The summed E-state index contributed by atoms with van der Waals surface area (Å²) in [7, 11) is -3.98. The first-order valence-corrected chi connectivity index (χ1v) is 11.5. The summed E-state index contributed by atoms with van der Waals surface area (Å²) in [6.45, 7) is 1.28. The van der Waals surface area contributed by atoms with Gasteiger partial charge in [-0.25, -0.2) is 13.1 Å².